The molecule has 3 heteroatoms. The largest absolute Gasteiger partial charge is 0.493 e. The first-order valence-corrected chi connectivity index (χ1v) is 7.84. The highest BCUT2D eigenvalue weighted by atomic mass is 35.5. The Balaban J connectivity index is 1.74. The van der Waals surface area contributed by atoms with Gasteiger partial charge in [-0.3, -0.25) is 4.90 Å². The number of likely N-dealkylation sites (tertiary alicyclic amines) is 1. The molecular formula is C16H22ClNO. The molecule has 19 heavy (non-hydrogen) atoms. The highest BCUT2D eigenvalue weighted by molar-refractivity contribution is 6.18. The van der Waals surface area contributed by atoms with Crippen LogP contribution >= 0.6 is 11.6 Å². The third-order valence-corrected chi connectivity index (χ3v) is 5.01. The standard InChI is InChI=1S/C16H22ClNO/c1-12-6-8-18(15(12)10-17)11-13-7-9-19-16-5-3-2-4-14(13)16/h2-5,12-13,15H,6-11H2,1H3. The van der Waals surface area contributed by atoms with Gasteiger partial charge < -0.3 is 4.74 Å². The number of nitrogens with zero attached hydrogens (tertiary/aromatic N) is 1. The molecule has 1 aromatic carbocycles. The molecular weight excluding hydrogens is 258 g/mol. The fourth-order valence-corrected chi connectivity index (χ4v) is 3.95. The predicted molar refractivity (Wildman–Crippen MR) is 79.2 cm³/mol. The van der Waals surface area contributed by atoms with Crippen molar-refractivity contribution in [2.75, 3.05) is 25.6 Å². The molecule has 1 saturated heterocycles. The summed E-state index contributed by atoms with van der Waals surface area (Å²) in [6.07, 6.45) is 2.40. The van der Waals surface area contributed by atoms with Crippen molar-refractivity contribution in [1.29, 1.82) is 0 Å². The van der Waals surface area contributed by atoms with Gasteiger partial charge in [0.1, 0.15) is 5.75 Å². The smallest absolute Gasteiger partial charge is 0.122 e. The van der Waals surface area contributed by atoms with E-state index in [1.807, 2.05) is 0 Å². The molecule has 0 radical (unpaired) electrons. The van der Waals surface area contributed by atoms with Crippen molar-refractivity contribution < 1.29 is 4.74 Å². The van der Waals surface area contributed by atoms with E-state index in [1.165, 1.54) is 18.5 Å². The molecule has 3 atom stereocenters. The number of benzene rings is 1. The second-order valence-electron chi connectivity index (χ2n) is 5.85. The van der Waals surface area contributed by atoms with Crippen LogP contribution in [0.5, 0.6) is 5.75 Å². The first kappa shape index (κ1) is 13.3. The van der Waals surface area contributed by atoms with Crippen LogP contribution < -0.4 is 4.74 Å². The molecule has 0 N–H and O–H groups in total. The lowest BCUT2D eigenvalue weighted by molar-refractivity contribution is 0.199. The Morgan fingerprint density at radius 1 is 1.32 bits per heavy atom. The molecule has 1 aromatic rings. The van der Waals surface area contributed by atoms with Gasteiger partial charge in [-0.05, 0) is 36.9 Å². The normalized spacial score (nSPS) is 30.9. The summed E-state index contributed by atoms with van der Waals surface area (Å²) in [6, 6.07) is 9.03. The van der Waals surface area contributed by atoms with Crippen LogP contribution in [-0.4, -0.2) is 36.5 Å². The molecule has 0 saturated carbocycles. The van der Waals surface area contributed by atoms with Gasteiger partial charge in [-0.15, -0.1) is 11.6 Å². The number of rotatable bonds is 3. The monoisotopic (exact) mass is 279 g/mol. The van der Waals surface area contributed by atoms with E-state index in [2.05, 4.69) is 36.1 Å². The maximum atomic E-state index is 6.15. The van der Waals surface area contributed by atoms with E-state index in [0.717, 1.165) is 37.1 Å². The average molecular weight is 280 g/mol. The lowest BCUT2D eigenvalue weighted by atomic mass is 9.92. The SMILES string of the molecule is CC1CCN(CC2CCOc3ccccc32)C1CCl. The van der Waals surface area contributed by atoms with E-state index in [1.54, 1.807) is 0 Å². The summed E-state index contributed by atoms with van der Waals surface area (Å²) in [7, 11) is 0. The van der Waals surface area contributed by atoms with Crippen LogP contribution in [0.3, 0.4) is 0 Å². The van der Waals surface area contributed by atoms with Crippen molar-refractivity contribution in [3.8, 4) is 5.75 Å². The number of hydrogen-bond donors (Lipinski definition) is 0. The molecule has 2 aliphatic heterocycles. The third kappa shape index (κ3) is 2.61. The summed E-state index contributed by atoms with van der Waals surface area (Å²) in [6.45, 7) is 5.49. The van der Waals surface area contributed by atoms with Crippen molar-refractivity contribution in [2.45, 2.75) is 31.7 Å². The molecule has 2 nitrogen and oxygen atoms in total. The Bertz CT molecular complexity index is 437. The molecule has 0 spiro atoms. The molecule has 3 rings (SSSR count). The van der Waals surface area contributed by atoms with Gasteiger partial charge in [-0.2, -0.15) is 0 Å². The Labute approximate surface area is 120 Å². The lowest BCUT2D eigenvalue weighted by Gasteiger charge is -2.32. The maximum Gasteiger partial charge on any atom is 0.122 e. The first-order valence-electron chi connectivity index (χ1n) is 7.31. The quantitative estimate of drug-likeness (QED) is 0.785. The molecule has 104 valence electrons. The Morgan fingerprint density at radius 3 is 3.00 bits per heavy atom. The molecule has 0 aliphatic carbocycles. The second kappa shape index (κ2) is 5.72. The highest BCUT2D eigenvalue weighted by Crippen LogP contribution is 2.36. The minimum atomic E-state index is 0.552. The van der Waals surface area contributed by atoms with Gasteiger partial charge in [0.05, 0.1) is 6.61 Å². The number of alkyl halides is 1. The summed E-state index contributed by atoms with van der Waals surface area (Å²) in [5.74, 6) is 3.16. The van der Waals surface area contributed by atoms with Gasteiger partial charge in [0.2, 0.25) is 0 Å². The number of halogens is 1. The van der Waals surface area contributed by atoms with Crippen molar-refractivity contribution >= 4 is 11.6 Å². The molecule has 0 aromatic heterocycles. The summed E-state index contributed by atoms with van der Waals surface area (Å²) in [4.78, 5) is 2.59. The van der Waals surface area contributed by atoms with E-state index in [9.17, 15) is 0 Å². The van der Waals surface area contributed by atoms with Crippen molar-refractivity contribution in [3.05, 3.63) is 29.8 Å². The fourth-order valence-electron chi connectivity index (χ4n) is 3.45. The van der Waals surface area contributed by atoms with E-state index >= 15 is 0 Å². The van der Waals surface area contributed by atoms with Crippen molar-refractivity contribution in [2.24, 2.45) is 5.92 Å². The van der Waals surface area contributed by atoms with Gasteiger partial charge in [0.25, 0.3) is 0 Å². The van der Waals surface area contributed by atoms with Gasteiger partial charge in [-0.1, -0.05) is 25.1 Å². The second-order valence-corrected chi connectivity index (χ2v) is 6.16. The van der Waals surface area contributed by atoms with E-state index in [0.29, 0.717) is 12.0 Å². The molecule has 0 bridgehead atoms. The summed E-state index contributed by atoms with van der Waals surface area (Å²) in [5, 5.41) is 0. The number of para-hydroxylation sites is 1. The van der Waals surface area contributed by atoms with Crippen LogP contribution in [0.2, 0.25) is 0 Å². The molecule has 2 aliphatic rings. The van der Waals surface area contributed by atoms with Gasteiger partial charge in [0, 0.05) is 24.4 Å². The molecule has 0 amide bonds. The van der Waals surface area contributed by atoms with E-state index in [4.69, 9.17) is 16.3 Å². The number of ether oxygens (including phenoxy) is 1. The molecule has 1 fully saturated rings. The Morgan fingerprint density at radius 2 is 2.16 bits per heavy atom. The molecule has 2 heterocycles. The lowest BCUT2D eigenvalue weighted by Crippen LogP contribution is -2.37. The van der Waals surface area contributed by atoms with Crippen LogP contribution in [0, 0.1) is 5.92 Å². The number of fused-ring (bicyclic) bond motifs is 1. The number of hydrogen-bond acceptors (Lipinski definition) is 2. The van der Waals surface area contributed by atoms with E-state index < -0.39 is 0 Å². The zero-order valence-corrected chi connectivity index (χ0v) is 12.3. The van der Waals surface area contributed by atoms with Crippen LogP contribution in [-0.2, 0) is 0 Å². The minimum absolute atomic E-state index is 0.552. The minimum Gasteiger partial charge on any atom is -0.493 e. The average Bonchev–Trinajstić information content (AvgIpc) is 2.79. The summed E-state index contributed by atoms with van der Waals surface area (Å²) < 4.78 is 5.75. The first-order chi connectivity index (χ1) is 9.29. The van der Waals surface area contributed by atoms with Crippen molar-refractivity contribution in [3.63, 3.8) is 0 Å². The third-order valence-electron chi connectivity index (χ3n) is 4.69. The van der Waals surface area contributed by atoms with Crippen LogP contribution in [0.1, 0.15) is 31.2 Å². The summed E-state index contributed by atoms with van der Waals surface area (Å²) >= 11 is 6.15. The maximum absolute atomic E-state index is 6.15. The van der Waals surface area contributed by atoms with E-state index in [-0.39, 0.29) is 0 Å². The van der Waals surface area contributed by atoms with Crippen LogP contribution in [0.15, 0.2) is 24.3 Å². The van der Waals surface area contributed by atoms with Crippen LogP contribution in [0.4, 0.5) is 0 Å². The zero-order valence-electron chi connectivity index (χ0n) is 11.5. The van der Waals surface area contributed by atoms with Gasteiger partial charge >= 0.3 is 0 Å². The zero-order chi connectivity index (χ0) is 13.2. The Hall–Kier alpha value is -0.730. The van der Waals surface area contributed by atoms with Gasteiger partial charge in [-0.25, -0.2) is 0 Å². The predicted octanol–water partition coefficient (Wildman–Crippen LogP) is 3.50. The fraction of sp³-hybridized carbons (Fsp3) is 0.625. The van der Waals surface area contributed by atoms with Crippen molar-refractivity contribution in [1.82, 2.24) is 4.90 Å². The molecule has 3 unspecified atom stereocenters. The van der Waals surface area contributed by atoms with Crippen LogP contribution in [0.25, 0.3) is 0 Å². The highest BCUT2D eigenvalue weighted by Gasteiger charge is 2.33. The topological polar surface area (TPSA) is 12.5 Å². The summed E-state index contributed by atoms with van der Waals surface area (Å²) in [5.41, 5.74) is 1.38. The van der Waals surface area contributed by atoms with Gasteiger partial charge in [0.15, 0.2) is 0 Å². The Kier molecular flexibility index (Phi) is 3.99.